The van der Waals surface area contributed by atoms with Crippen LogP contribution in [0.2, 0.25) is 15.1 Å². The van der Waals surface area contributed by atoms with Gasteiger partial charge >= 0.3 is 0 Å². The lowest BCUT2D eigenvalue weighted by Crippen LogP contribution is -2.50. The molecule has 1 fully saturated rings. The molecule has 2 aromatic carbocycles. The summed E-state index contributed by atoms with van der Waals surface area (Å²) < 4.78 is 26.1. The first-order valence-electron chi connectivity index (χ1n) is 12.7. The van der Waals surface area contributed by atoms with Gasteiger partial charge in [0.15, 0.2) is 0 Å². The van der Waals surface area contributed by atoms with Crippen LogP contribution in [0.3, 0.4) is 0 Å². The highest BCUT2D eigenvalue weighted by atomic mass is 35.5. The summed E-state index contributed by atoms with van der Waals surface area (Å²) in [5, 5.41) is 4.39. The van der Waals surface area contributed by atoms with E-state index in [0.29, 0.717) is 26.3 Å². The number of anilines is 1. The second-order valence-corrected chi connectivity index (χ2v) is 12.8. The number of nitrogens with one attached hydrogen (secondary N) is 1. The fourth-order valence-electron chi connectivity index (χ4n) is 4.62. The van der Waals surface area contributed by atoms with Gasteiger partial charge in [0, 0.05) is 46.2 Å². The van der Waals surface area contributed by atoms with Crippen molar-refractivity contribution in [3.8, 4) is 0 Å². The Kier molecular flexibility index (Phi) is 11.2. The van der Waals surface area contributed by atoms with Crippen LogP contribution in [0.15, 0.2) is 42.5 Å². The van der Waals surface area contributed by atoms with Crippen molar-refractivity contribution in [3.05, 3.63) is 63.1 Å². The second-order valence-electron chi connectivity index (χ2n) is 9.66. The zero-order valence-corrected chi connectivity index (χ0v) is 24.7. The largest absolute Gasteiger partial charge is 0.352 e. The second kappa shape index (κ2) is 13.9. The molecule has 0 aromatic heterocycles. The van der Waals surface area contributed by atoms with Gasteiger partial charge in [-0.2, -0.15) is 0 Å². The molecule has 1 saturated carbocycles. The molecule has 0 saturated heterocycles. The summed E-state index contributed by atoms with van der Waals surface area (Å²) in [6, 6.07) is 10.9. The van der Waals surface area contributed by atoms with Gasteiger partial charge in [-0.05, 0) is 62.6 Å². The third-order valence-corrected chi connectivity index (χ3v) is 8.93. The van der Waals surface area contributed by atoms with Crippen molar-refractivity contribution in [1.29, 1.82) is 0 Å². The van der Waals surface area contributed by atoms with Crippen LogP contribution in [0.4, 0.5) is 5.69 Å². The number of rotatable bonds is 11. The lowest BCUT2D eigenvalue weighted by Gasteiger charge is -2.32. The zero-order valence-electron chi connectivity index (χ0n) is 21.6. The SMILES string of the molecule is C[C@H](C(=O)NC1CCCCC1)N(Cc1c(Cl)cccc1Cl)C(=O)CCCN(c1ccc(Cl)cc1)S(C)(=O)=O. The predicted molar refractivity (Wildman–Crippen MR) is 154 cm³/mol. The van der Waals surface area contributed by atoms with Crippen LogP contribution in [0.5, 0.6) is 0 Å². The summed E-state index contributed by atoms with van der Waals surface area (Å²) in [6.07, 6.45) is 6.55. The van der Waals surface area contributed by atoms with E-state index in [1.807, 2.05) is 0 Å². The molecule has 7 nitrogen and oxygen atoms in total. The van der Waals surface area contributed by atoms with E-state index in [-0.39, 0.29) is 43.8 Å². The lowest BCUT2D eigenvalue weighted by atomic mass is 9.95. The van der Waals surface area contributed by atoms with E-state index >= 15 is 0 Å². The normalized spacial score (nSPS) is 15.1. The number of hydrogen-bond acceptors (Lipinski definition) is 4. The lowest BCUT2D eigenvalue weighted by molar-refractivity contribution is -0.141. The summed E-state index contributed by atoms with van der Waals surface area (Å²) in [7, 11) is -3.59. The Hall–Kier alpha value is -2.00. The van der Waals surface area contributed by atoms with Crippen molar-refractivity contribution in [2.75, 3.05) is 17.1 Å². The molecule has 1 aliphatic carbocycles. The molecule has 3 rings (SSSR count). The number of carbonyl (C=O) groups excluding carboxylic acids is 2. The maximum Gasteiger partial charge on any atom is 0.242 e. The molecule has 0 bridgehead atoms. The Morgan fingerprint density at radius 3 is 2.18 bits per heavy atom. The summed E-state index contributed by atoms with van der Waals surface area (Å²) in [4.78, 5) is 28.1. The highest BCUT2D eigenvalue weighted by molar-refractivity contribution is 7.92. The van der Waals surface area contributed by atoms with E-state index < -0.39 is 16.1 Å². The maximum atomic E-state index is 13.5. The first-order chi connectivity index (χ1) is 18.0. The third kappa shape index (κ3) is 8.50. The van der Waals surface area contributed by atoms with Crippen LogP contribution in [-0.4, -0.2) is 50.0 Å². The van der Waals surface area contributed by atoms with Crippen LogP contribution in [0.1, 0.15) is 57.4 Å². The van der Waals surface area contributed by atoms with Crippen LogP contribution in [0, 0.1) is 0 Å². The number of nitrogens with zero attached hydrogens (tertiary/aromatic N) is 2. The minimum Gasteiger partial charge on any atom is -0.352 e. The first kappa shape index (κ1) is 30.5. The number of amides is 2. The standard InChI is InChI=1S/C27H34Cl3N3O4S/c1-19(27(35)31-21-8-4-3-5-9-21)32(18-23-24(29)10-6-11-25(23)30)26(34)12-7-17-33(38(2,36)37)22-15-13-20(28)14-16-22/h6,10-11,13-16,19,21H,3-5,7-9,12,17-18H2,1-2H3,(H,31,35)/t19-/m1/s1. The van der Waals surface area contributed by atoms with Gasteiger partial charge in [0.25, 0.3) is 0 Å². The smallest absolute Gasteiger partial charge is 0.242 e. The Bertz CT molecular complexity index is 1200. The molecule has 11 heteroatoms. The minimum absolute atomic E-state index is 0.0305. The van der Waals surface area contributed by atoms with Gasteiger partial charge in [0.1, 0.15) is 6.04 Å². The monoisotopic (exact) mass is 601 g/mol. The third-order valence-electron chi connectivity index (χ3n) is 6.78. The zero-order chi connectivity index (χ0) is 27.9. The maximum absolute atomic E-state index is 13.5. The quantitative estimate of drug-likeness (QED) is 0.339. The highest BCUT2D eigenvalue weighted by Crippen LogP contribution is 2.27. The molecular weight excluding hydrogens is 569 g/mol. The Morgan fingerprint density at radius 2 is 1.61 bits per heavy atom. The molecule has 1 atom stereocenters. The van der Waals surface area contributed by atoms with Gasteiger partial charge in [0.2, 0.25) is 21.8 Å². The van der Waals surface area contributed by atoms with Gasteiger partial charge in [-0.25, -0.2) is 8.42 Å². The van der Waals surface area contributed by atoms with Crippen molar-refractivity contribution in [1.82, 2.24) is 10.2 Å². The number of hydrogen-bond donors (Lipinski definition) is 1. The number of halogens is 3. The van der Waals surface area contributed by atoms with Crippen molar-refractivity contribution in [2.24, 2.45) is 0 Å². The molecule has 0 aliphatic heterocycles. The van der Waals surface area contributed by atoms with E-state index in [0.717, 1.165) is 38.4 Å². The van der Waals surface area contributed by atoms with E-state index in [9.17, 15) is 18.0 Å². The van der Waals surface area contributed by atoms with E-state index in [4.69, 9.17) is 34.8 Å². The summed E-state index contributed by atoms with van der Waals surface area (Å²) in [5.74, 6) is -0.524. The van der Waals surface area contributed by atoms with E-state index in [1.54, 1.807) is 49.4 Å². The van der Waals surface area contributed by atoms with Crippen molar-refractivity contribution in [3.63, 3.8) is 0 Å². The molecule has 1 N–H and O–H groups in total. The average molecular weight is 603 g/mol. The molecule has 2 aromatic rings. The predicted octanol–water partition coefficient (Wildman–Crippen LogP) is 6.06. The average Bonchev–Trinajstić information content (AvgIpc) is 2.86. The van der Waals surface area contributed by atoms with Crippen LogP contribution >= 0.6 is 34.8 Å². The van der Waals surface area contributed by atoms with Crippen LogP contribution < -0.4 is 9.62 Å². The fourth-order valence-corrected chi connectivity index (χ4v) is 6.22. The van der Waals surface area contributed by atoms with E-state index in [2.05, 4.69) is 5.32 Å². The van der Waals surface area contributed by atoms with Gasteiger partial charge in [-0.15, -0.1) is 0 Å². The van der Waals surface area contributed by atoms with Crippen LogP contribution in [-0.2, 0) is 26.2 Å². The summed E-state index contributed by atoms with van der Waals surface area (Å²) in [5.41, 5.74) is 1.02. The molecule has 0 heterocycles. The van der Waals surface area contributed by atoms with Crippen molar-refractivity contribution in [2.45, 2.75) is 70.5 Å². The van der Waals surface area contributed by atoms with Crippen LogP contribution in [0.25, 0.3) is 0 Å². The van der Waals surface area contributed by atoms with Gasteiger partial charge in [-0.1, -0.05) is 60.1 Å². The molecular formula is C27H34Cl3N3O4S. The van der Waals surface area contributed by atoms with E-state index in [1.165, 1.54) is 9.21 Å². The van der Waals surface area contributed by atoms with Gasteiger partial charge in [0.05, 0.1) is 11.9 Å². The number of sulfonamides is 1. The van der Waals surface area contributed by atoms with Gasteiger partial charge in [-0.3, -0.25) is 13.9 Å². The molecule has 0 spiro atoms. The van der Waals surface area contributed by atoms with Crippen molar-refractivity contribution >= 4 is 62.3 Å². The Morgan fingerprint density at radius 1 is 1.00 bits per heavy atom. The fraction of sp³-hybridized carbons (Fsp3) is 0.481. The topological polar surface area (TPSA) is 86.8 Å². The molecule has 0 radical (unpaired) electrons. The minimum atomic E-state index is -3.59. The molecule has 208 valence electrons. The Balaban J connectivity index is 1.75. The molecule has 2 amide bonds. The van der Waals surface area contributed by atoms with Crippen molar-refractivity contribution < 1.29 is 18.0 Å². The summed E-state index contributed by atoms with van der Waals surface area (Å²) in [6.45, 7) is 1.84. The molecule has 0 unspecified atom stereocenters. The summed E-state index contributed by atoms with van der Waals surface area (Å²) >= 11 is 18.7. The number of carbonyl (C=O) groups is 2. The Labute approximate surface area is 240 Å². The molecule has 38 heavy (non-hydrogen) atoms. The van der Waals surface area contributed by atoms with Gasteiger partial charge < -0.3 is 10.2 Å². The molecule has 1 aliphatic rings. The highest BCUT2D eigenvalue weighted by Gasteiger charge is 2.29. The number of benzene rings is 2. The first-order valence-corrected chi connectivity index (χ1v) is 15.7.